The number of methoxy groups -OCH3 is 1. The molecule has 20 heavy (non-hydrogen) atoms. The first-order chi connectivity index (χ1) is 9.65. The predicted octanol–water partition coefficient (Wildman–Crippen LogP) is 1.92. The standard InChI is InChI=1S/C16H23NO3/c1-12-6-7-13(10-15(12)20-2)11-16(19)17(8-9-18)14-4-3-5-14/h6-7,10,14,18H,3-5,8-9,11H2,1-2H3. The van der Waals surface area contributed by atoms with E-state index in [1.54, 1.807) is 7.11 Å². The van der Waals surface area contributed by atoms with Gasteiger partial charge >= 0.3 is 0 Å². The fourth-order valence-electron chi connectivity index (χ4n) is 2.57. The van der Waals surface area contributed by atoms with Crippen molar-refractivity contribution in [2.24, 2.45) is 0 Å². The second-order valence-corrected chi connectivity index (χ2v) is 5.38. The molecule has 1 saturated carbocycles. The second kappa shape index (κ2) is 6.75. The summed E-state index contributed by atoms with van der Waals surface area (Å²) >= 11 is 0. The van der Waals surface area contributed by atoms with Crippen molar-refractivity contribution in [3.63, 3.8) is 0 Å². The van der Waals surface area contributed by atoms with Gasteiger partial charge in [0.25, 0.3) is 0 Å². The average molecular weight is 277 g/mol. The maximum absolute atomic E-state index is 12.4. The van der Waals surface area contributed by atoms with E-state index in [0.717, 1.165) is 29.7 Å². The molecule has 0 aromatic heterocycles. The topological polar surface area (TPSA) is 49.8 Å². The molecule has 2 rings (SSSR count). The highest BCUT2D eigenvalue weighted by molar-refractivity contribution is 5.79. The lowest BCUT2D eigenvalue weighted by molar-refractivity contribution is -0.135. The molecule has 1 fully saturated rings. The second-order valence-electron chi connectivity index (χ2n) is 5.38. The Hall–Kier alpha value is -1.55. The molecule has 1 N–H and O–H groups in total. The van der Waals surface area contributed by atoms with Crippen molar-refractivity contribution in [3.8, 4) is 5.75 Å². The SMILES string of the molecule is COc1cc(CC(=O)N(CCO)C2CCC2)ccc1C. The average Bonchev–Trinajstić information content (AvgIpc) is 2.38. The molecule has 0 saturated heterocycles. The first kappa shape index (κ1) is 14.9. The van der Waals surface area contributed by atoms with Crippen LogP contribution in [0.3, 0.4) is 0 Å². The number of aliphatic hydroxyl groups is 1. The Bertz CT molecular complexity index is 469. The lowest BCUT2D eigenvalue weighted by Crippen LogP contribution is -2.46. The molecule has 0 unspecified atom stereocenters. The van der Waals surface area contributed by atoms with Gasteiger partial charge in [-0.05, 0) is 43.4 Å². The van der Waals surface area contributed by atoms with Crippen molar-refractivity contribution >= 4 is 5.91 Å². The van der Waals surface area contributed by atoms with Crippen molar-refractivity contribution in [2.45, 2.75) is 38.6 Å². The number of rotatable bonds is 6. The smallest absolute Gasteiger partial charge is 0.227 e. The van der Waals surface area contributed by atoms with Gasteiger partial charge in [0.1, 0.15) is 5.75 Å². The third-order valence-corrected chi connectivity index (χ3v) is 4.00. The van der Waals surface area contributed by atoms with Gasteiger partial charge in [-0.1, -0.05) is 12.1 Å². The number of ether oxygens (including phenoxy) is 1. The number of hydrogen-bond donors (Lipinski definition) is 1. The molecule has 0 aliphatic heterocycles. The van der Waals surface area contributed by atoms with Gasteiger partial charge in [0.2, 0.25) is 5.91 Å². The van der Waals surface area contributed by atoms with E-state index in [9.17, 15) is 4.79 Å². The van der Waals surface area contributed by atoms with E-state index in [1.165, 1.54) is 6.42 Å². The minimum absolute atomic E-state index is 0.0272. The normalized spacial score (nSPS) is 14.8. The molecule has 1 aliphatic rings. The monoisotopic (exact) mass is 277 g/mol. The van der Waals surface area contributed by atoms with Crippen LogP contribution in [0.1, 0.15) is 30.4 Å². The fraction of sp³-hybridized carbons (Fsp3) is 0.562. The van der Waals surface area contributed by atoms with Gasteiger partial charge in [-0.15, -0.1) is 0 Å². The minimum Gasteiger partial charge on any atom is -0.496 e. The van der Waals surface area contributed by atoms with Gasteiger partial charge < -0.3 is 14.7 Å². The molecule has 1 aliphatic carbocycles. The van der Waals surface area contributed by atoms with Crippen LogP contribution in [0.25, 0.3) is 0 Å². The molecule has 0 heterocycles. The van der Waals surface area contributed by atoms with Gasteiger partial charge in [-0.25, -0.2) is 0 Å². The lowest BCUT2D eigenvalue weighted by Gasteiger charge is -2.37. The van der Waals surface area contributed by atoms with Gasteiger partial charge in [0, 0.05) is 12.6 Å². The molecule has 0 atom stereocenters. The first-order valence-electron chi connectivity index (χ1n) is 7.19. The molecule has 110 valence electrons. The molecule has 4 nitrogen and oxygen atoms in total. The summed E-state index contributed by atoms with van der Waals surface area (Å²) in [5.74, 6) is 0.905. The van der Waals surface area contributed by atoms with Crippen LogP contribution in [0.2, 0.25) is 0 Å². The van der Waals surface area contributed by atoms with Crippen LogP contribution < -0.4 is 4.74 Å². The number of benzene rings is 1. The van der Waals surface area contributed by atoms with Gasteiger partial charge in [0.05, 0.1) is 20.1 Å². The molecule has 1 aromatic rings. The largest absolute Gasteiger partial charge is 0.496 e. The Kier molecular flexibility index (Phi) is 5.01. The number of aliphatic hydroxyl groups excluding tert-OH is 1. The summed E-state index contributed by atoms with van der Waals surface area (Å²) in [5, 5.41) is 9.12. The van der Waals surface area contributed by atoms with Gasteiger partial charge in [-0.3, -0.25) is 4.79 Å². The number of amides is 1. The number of aryl methyl sites for hydroxylation is 1. The van der Waals surface area contributed by atoms with E-state index in [2.05, 4.69) is 0 Å². The van der Waals surface area contributed by atoms with E-state index >= 15 is 0 Å². The number of carbonyl (C=O) groups is 1. The Morgan fingerprint density at radius 1 is 1.45 bits per heavy atom. The van der Waals surface area contributed by atoms with Crippen LogP contribution in [0.4, 0.5) is 0 Å². The molecule has 1 aromatic carbocycles. The summed E-state index contributed by atoms with van der Waals surface area (Å²) in [7, 11) is 1.64. The highest BCUT2D eigenvalue weighted by Gasteiger charge is 2.28. The van der Waals surface area contributed by atoms with Crippen molar-refractivity contribution in [3.05, 3.63) is 29.3 Å². The first-order valence-corrected chi connectivity index (χ1v) is 7.19. The van der Waals surface area contributed by atoms with Crippen LogP contribution >= 0.6 is 0 Å². The summed E-state index contributed by atoms with van der Waals surface area (Å²) in [6, 6.07) is 6.18. The zero-order chi connectivity index (χ0) is 14.5. The van der Waals surface area contributed by atoms with E-state index in [1.807, 2.05) is 30.0 Å². The zero-order valence-corrected chi connectivity index (χ0v) is 12.3. The molecular formula is C16H23NO3. The third kappa shape index (κ3) is 3.31. The molecule has 1 amide bonds. The van der Waals surface area contributed by atoms with Crippen molar-refractivity contribution in [1.29, 1.82) is 0 Å². The van der Waals surface area contributed by atoms with Crippen molar-refractivity contribution in [1.82, 2.24) is 4.90 Å². The predicted molar refractivity (Wildman–Crippen MR) is 77.9 cm³/mol. The highest BCUT2D eigenvalue weighted by atomic mass is 16.5. The quantitative estimate of drug-likeness (QED) is 0.864. The zero-order valence-electron chi connectivity index (χ0n) is 12.3. The van der Waals surface area contributed by atoms with E-state index in [-0.39, 0.29) is 12.5 Å². The van der Waals surface area contributed by atoms with Crippen LogP contribution in [-0.4, -0.2) is 42.2 Å². The molecule has 0 radical (unpaired) electrons. The number of carbonyl (C=O) groups excluding carboxylic acids is 1. The molecule has 4 heteroatoms. The maximum atomic E-state index is 12.4. The maximum Gasteiger partial charge on any atom is 0.227 e. The molecule has 0 bridgehead atoms. The summed E-state index contributed by atoms with van der Waals surface area (Å²) in [4.78, 5) is 14.2. The number of nitrogens with zero attached hydrogens (tertiary/aromatic N) is 1. The van der Waals surface area contributed by atoms with Crippen molar-refractivity contribution in [2.75, 3.05) is 20.3 Å². The van der Waals surface area contributed by atoms with Crippen LogP contribution in [0.15, 0.2) is 18.2 Å². The summed E-state index contributed by atoms with van der Waals surface area (Å²) < 4.78 is 5.29. The summed E-state index contributed by atoms with van der Waals surface area (Å²) in [5.41, 5.74) is 2.02. The Labute approximate surface area is 120 Å². The highest BCUT2D eigenvalue weighted by Crippen LogP contribution is 2.26. The summed E-state index contributed by atoms with van der Waals surface area (Å²) in [6.45, 7) is 2.45. The Balaban J connectivity index is 2.05. The molecular weight excluding hydrogens is 254 g/mol. The van der Waals surface area contributed by atoms with Gasteiger partial charge in [-0.2, -0.15) is 0 Å². The fourth-order valence-corrected chi connectivity index (χ4v) is 2.57. The van der Waals surface area contributed by atoms with E-state index in [4.69, 9.17) is 9.84 Å². The molecule has 0 spiro atoms. The minimum atomic E-state index is 0.0272. The van der Waals surface area contributed by atoms with Crippen LogP contribution in [0, 0.1) is 6.92 Å². The Morgan fingerprint density at radius 3 is 2.75 bits per heavy atom. The van der Waals surface area contributed by atoms with E-state index < -0.39 is 0 Å². The number of hydrogen-bond acceptors (Lipinski definition) is 3. The van der Waals surface area contributed by atoms with E-state index in [0.29, 0.717) is 19.0 Å². The van der Waals surface area contributed by atoms with Gasteiger partial charge in [0.15, 0.2) is 0 Å². The lowest BCUT2D eigenvalue weighted by atomic mass is 9.91. The Morgan fingerprint density at radius 2 is 2.20 bits per heavy atom. The van der Waals surface area contributed by atoms with Crippen molar-refractivity contribution < 1.29 is 14.6 Å². The third-order valence-electron chi connectivity index (χ3n) is 4.00. The summed E-state index contributed by atoms with van der Waals surface area (Å²) in [6.07, 6.45) is 3.66. The van der Waals surface area contributed by atoms with Crippen LogP contribution in [-0.2, 0) is 11.2 Å². The van der Waals surface area contributed by atoms with Crippen LogP contribution in [0.5, 0.6) is 5.75 Å².